The average Bonchev–Trinajstić information content (AvgIpc) is 1.92. The first-order valence-corrected chi connectivity index (χ1v) is 4.26. The zero-order valence-electron chi connectivity index (χ0n) is 6.51. The molecule has 0 aromatic carbocycles. The number of nitrogens with one attached hydrogen (secondary N) is 1. The lowest BCUT2D eigenvalue weighted by Gasteiger charge is -2.45. The second-order valence-corrected chi connectivity index (χ2v) is 3.47. The molecule has 0 amide bonds. The van der Waals surface area contributed by atoms with Crippen LogP contribution in [-0.4, -0.2) is 13.1 Å². The zero-order valence-corrected chi connectivity index (χ0v) is 6.51. The van der Waals surface area contributed by atoms with Gasteiger partial charge in [0.1, 0.15) is 0 Å². The summed E-state index contributed by atoms with van der Waals surface area (Å²) in [5.41, 5.74) is 0. The molecular formula is C9H15N. The fraction of sp³-hybridized carbons (Fsp3) is 0.778. The van der Waals surface area contributed by atoms with E-state index < -0.39 is 0 Å². The average molecular weight is 137 g/mol. The minimum Gasteiger partial charge on any atom is -0.316 e. The molecule has 1 nitrogen and oxygen atoms in total. The number of hydrogen-bond donors (Lipinski definition) is 1. The molecule has 2 rings (SSSR count). The van der Waals surface area contributed by atoms with Crippen LogP contribution in [0.1, 0.15) is 19.3 Å². The van der Waals surface area contributed by atoms with E-state index in [0.717, 1.165) is 17.9 Å². The largest absolute Gasteiger partial charge is 0.316 e. The highest BCUT2D eigenvalue weighted by Crippen LogP contribution is 2.41. The van der Waals surface area contributed by atoms with Crippen molar-refractivity contribution in [1.29, 1.82) is 0 Å². The van der Waals surface area contributed by atoms with Crippen LogP contribution >= 0.6 is 0 Å². The number of allylic oxidation sites excluding steroid dienone is 1. The van der Waals surface area contributed by atoms with Gasteiger partial charge in [-0.2, -0.15) is 0 Å². The summed E-state index contributed by atoms with van der Waals surface area (Å²) in [6, 6.07) is 0.793. The van der Waals surface area contributed by atoms with Gasteiger partial charge in [0.2, 0.25) is 0 Å². The highest BCUT2D eigenvalue weighted by atomic mass is 14.9. The second kappa shape index (κ2) is 2.39. The first kappa shape index (κ1) is 6.41. The van der Waals surface area contributed by atoms with Crippen molar-refractivity contribution in [2.75, 3.05) is 7.05 Å². The van der Waals surface area contributed by atoms with E-state index in [9.17, 15) is 0 Å². The standard InChI is InChI=1S/C9H15N/c1-10-9-6-7-4-2-3-5-8(7)9/h3,5,7-10H,2,4,6H2,1H3/t7-,8-,9-/m0/s1. The molecule has 1 N–H and O–H groups in total. The van der Waals surface area contributed by atoms with Gasteiger partial charge in [0.05, 0.1) is 0 Å². The van der Waals surface area contributed by atoms with Crippen LogP contribution in [0.25, 0.3) is 0 Å². The van der Waals surface area contributed by atoms with E-state index in [1.54, 1.807) is 0 Å². The van der Waals surface area contributed by atoms with Crippen molar-refractivity contribution >= 4 is 0 Å². The summed E-state index contributed by atoms with van der Waals surface area (Å²) in [6.45, 7) is 0. The van der Waals surface area contributed by atoms with Crippen LogP contribution in [0, 0.1) is 11.8 Å². The summed E-state index contributed by atoms with van der Waals surface area (Å²) >= 11 is 0. The molecule has 0 aromatic rings. The van der Waals surface area contributed by atoms with Crippen LogP contribution < -0.4 is 5.32 Å². The fourth-order valence-electron chi connectivity index (χ4n) is 2.25. The third-order valence-corrected chi connectivity index (χ3v) is 3.00. The van der Waals surface area contributed by atoms with Crippen LogP contribution in [0.4, 0.5) is 0 Å². The van der Waals surface area contributed by atoms with Crippen molar-refractivity contribution in [1.82, 2.24) is 5.32 Å². The van der Waals surface area contributed by atoms with E-state index in [0.29, 0.717) is 0 Å². The van der Waals surface area contributed by atoms with Crippen molar-refractivity contribution in [3.05, 3.63) is 12.2 Å². The third kappa shape index (κ3) is 0.807. The molecule has 0 heterocycles. The minimum atomic E-state index is 0.793. The van der Waals surface area contributed by atoms with Crippen molar-refractivity contribution < 1.29 is 0 Å². The van der Waals surface area contributed by atoms with Gasteiger partial charge in [-0.15, -0.1) is 0 Å². The maximum atomic E-state index is 3.35. The van der Waals surface area contributed by atoms with E-state index in [1.807, 2.05) is 0 Å². The molecule has 0 aromatic heterocycles. The Morgan fingerprint density at radius 1 is 1.50 bits per heavy atom. The Bertz CT molecular complexity index is 151. The first-order chi connectivity index (χ1) is 4.92. The van der Waals surface area contributed by atoms with Crippen LogP contribution in [0.5, 0.6) is 0 Å². The van der Waals surface area contributed by atoms with Crippen molar-refractivity contribution in [3.63, 3.8) is 0 Å². The topological polar surface area (TPSA) is 12.0 Å². The predicted octanol–water partition coefficient (Wildman–Crippen LogP) is 1.56. The van der Waals surface area contributed by atoms with E-state index in [4.69, 9.17) is 0 Å². The molecule has 1 saturated carbocycles. The van der Waals surface area contributed by atoms with E-state index in [1.165, 1.54) is 19.3 Å². The van der Waals surface area contributed by atoms with Gasteiger partial charge >= 0.3 is 0 Å². The summed E-state index contributed by atoms with van der Waals surface area (Å²) < 4.78 is 0. The molecule has 2 aliphatic rings. The Morgan fingerprint density at radius 3 is 3.10 bits per heavy atom. The van der Waals surface area contributed by atoms with Gasteiger partial charge < -0.3 is 5.32 Å². The Hall–Kier alpha value is -0.300. The molecule has 0 aliphatic heterocycles. The summed E-state index contributed by atoms with van der Waals surface area (Å²) in [5.74, 6) is 1.89. The molecule has 0 bridgehead atoms. The fourth-order valence-corrected chi connectivity index (χ4v) is 2.25. The van der Waals surface area contributed by atoms with Gasteiger partial charge in [-0.1, -0.05) is 12.2 Å². The Balaban J connectivity index is 2.00. The molecule has 0 unspecified atom stereocenters. The predicted molar refractivity (Wildman–Crippen MR) is 42.8 cm³/mol. The van der Waals surface area contributed by atoms with Gasteiger partial charge in [-0.3, -0.25) is 0 Å². The summed E-state index contributed by atoms with van der Waals surface area (Å²) in [6.07, 6.45) is 8.89. The quantitative estimate of drug-likeness (QED) is 0.541. The molecule has 0 spiro atoms. The Morgan fingerprint density at radius 2 is 2.40 bits per heavy atom. The van der Waals surface area contributed by atoms with E-state index in [-0.39, 0.29) is 0 Å². The van der Waals surface area contributed by atoms with Crippen molar-refractivity contribution in [2.24, 2.45) is 11.8 Å². The highest BCUT2D eigenvalue weighted by molar-refractivity contribution is 5.08. The summed E-state index contributed by atoms with van der Waals surface area (Å²) in [7, 11) is 2.07. The number of fused-ring (bicyclic) bond motifs is 1. The second-order valence-electron chi connectivity index (χ2n) is 3.47. The lowest BCUT2D eigenvalue weighted by atomic mass is 9.65. The van der Waals surface area contributed by atoms with Crippen LogP contribution in [-0.2, 0) is 0 Å². The normalized spacial score (nSPS) is 44.3. The molecule has 56 valence electrons. The first-order valence-electron chi connectivity index (χ1n) is 4.26. The van der Waals surface area contributed by atoms with Gasteiger partial charge in [0.25, 0.3) is 0 Å². The highest BCUT2D eigenvalue weighted by Gasteiger charge is 2.38. The van der Waals surface area contributed by atoms with Gasteiger partial charge in [0, 0.05) is 6.04 Å². The van der Waals surface area contributed by atoms with E-state index in [2.05, 4.69) is 24.5 Å². The molecule has 2 aliphatic carbocycles. The molecule has 0 radical (unpaired) electrons. The molecule has 0 saturated heterocycles. The van der Waals surface area contributed by atoms with Gasteiger partial charge in [-0.25, -0.2) is 0 Å². The molecule has 1 fully saturated rings. The Labute approximate surface area is 62.5 Å². The molecule has 3 atom stereocenters. The van der Waals surface area contributed by atoms with Crippen LogP contribution in [0.3, 0.4) is 0 Å². The molecular weight excluding hydrogens is 122 g/mol. The molecule has 10 heavy (non-hydrogen) atoms. The smallest absolute Gasteiger partial charge is 0.0132 e. The number of rotatable bonds is 1. The van der Waals surface area contributed by atoms with Gasteiger partial charge in [0.15, 0.2) is 0 Å². The van der Waals surface area contributed by atoms with Crippen molar-refractivity contribution in [3.8, 4) is 0 Å². The summed E-state index contributed by atoms with van der Waals surface area (Å²) in [4.78, 5) is 0. The lowest BCUT2D eigenvalue weighted by Crippen LogP contribution is -2.48. The Kier molecular flexibility index (Phi) is 1.53. The lowest BCUT2D eigenvalue weighted by molar-refractivity contribution is 0.138. The number of hydrogen-bond acceptors (Lipinski definition) is 1. The minimum absolute atomic E-state index is 0.793. The van der Waals surface area contributed by atoms with Crippen LogP contribution in [0.15, 0.2) is 12.2 Å². The van der Waals surface area contributed by atoms with Gasteiger partial charge in [-0.05, 0) is 38.1 Å². The maximum absolute atomic E-state index is 3.35. The van der Waals surface area contributed by atoms with E-state index >= 15 is 0 Å². The SMILES string of the molecule is CN[C@H]1C[C@@H]2CCC=C[C@@H]21. The monoisotopic (exact) mass is 137 g/mol. The summed E-state index contributed by atoms with van der Waals surface area (Å²) in [5, 5.41) is 3.35. The zero-order chi connectivity index (χ0) is 6.97. The third-order valence-electron chi connectivity index (χ3n) is 3.00. The van der Waals surface area contributed by atoms with Crippen LogP contribution in [0.2, 0.25) is 0 Å². The molecule has 1 heteroatoms. The van der Waals surface area contributed by atoms with Crippen molar-refractivity contribution in [2.45, 2.75) is 25.3 Å². The maximum Gasteiger partial charge on any atom is 0.0132 e.